The highest BCUT2D eigenvalue weighted by molar-refractivity contribution is 7.80. The molecule has 9 unspecified atom stereocenters. The van der Waals surface area contributed by atoms with E-state index < -0.39 is 28.2 Å². The van der Waals surface area contributed by atoms with Crippen molar-refractivity contribution in [3.05, 3.63) is 11.6 Å². The maximum atomic E-state index is 12.6. The molecular weight excluding hydrogens is 468 g/mol. The lowest BCUT2D eigenvalue weighted by Gasteiger charge is -2.58. The van der Waals surface area contributed by atoms with Crippen molar-refractivity contribution in [2.75, 3.05) is 0 Å². The molecule has 0 aromatic heterocycles. The molecule has 9 atom stereocenters. The van der Waals surface area contributed by atoms with Crippen LogP contribution >= 0.6 is 0 Å². The molecule has 4 aliphatic rings. The second-order valence-corrected chi connectivity index (χ2v) is 14.3. The van der Waals surface area contributed by atoms with Gasteiger partial charge < -0.3 is 10.2 Å². The SMILES string of the molecule is CC(CC(=O)CC(C)(C)O)C1CCC2C3CC(O)C4CC(OS(=O)(=O)O)CCC4(C)C3=CCC12C. The normalized spacial score (nSPS) is 42.5. The number of Topliss-reactive ketones (excluding diaryl/α,β-unsaturated/α-hetero) is 1. The van der Waals surface area contributed by atoms with E-state index in [4.69, 9.17) is 8.74 Å². The van der Waals surface area contributed by atoms with Crippen LogP contribution in [-0.4, -0.2) is 46.8 Å². The van der Waals surface area contributed by atoms with Gasteiger partial charge in [-0.3, -0.25) is 9.35 Å². The lowest BCUT2D eigenvalue weighted by Crippen LogP contribution is -2.54. The Morgan fingerprint density at radius 2 is 1.89 bits per heavy atom. The molecule has 7 nitrogen and oxygen atoms in total. The smallest absolute Gasteiger partial charge is 0.393 e. The summed E-state index contributed by atoms with van der Waals surface area (Å²) in [5.74, 6) is 1.46. The number of fused-ring (bicyclic) bond motifs is 5. The van der Waals surface area contributed by atoms with Crippen LogP contribution in [0.25, 0.3) is 0 Å². The number of aliphatic hydroxyl groups is 2. The molecule has 0 aliphatic heterocycles. The summed E-state index contributed by atoms with van der Waals surface area (Å²) >= 11 is 0. The van der Waals surface area contributed by atoms with E-state index in [2.05, 4.69) is 26.8 Å². The van der Waals surface area contributed by atoms with Crippen molar-refractivity contribution >= 4 is 16.2 Å². The highest BCUT2D eigenvalue weighted by atomic mass is 32.3. The third kappa shape index (κ3) is 5.28. The summed E-state index contributed by atoms with van der Waals surface area (Å²) in [6.45, 7) is 10.1. The zero-order chi connectivity index (χ0) is 26.0. The van der Waals surface area contributed by atoms with E-state index in [1.807, 2.05) is 0 Å². The second kappa shape index (κ2) is 9.19. The van der Waals surface area contributed by atoms with Gasteiger partial charge in [-0.2, -0.15) is 8.42 Å². The second-order valence-electron chi connectivity index (χ2n) is 13.2. The van der Waals surface area contributed by atoms with Gasteiger partial charge in [0.05, 0.1) is 17.8 Å². The zero-order valence-corrected chi connectivity index (χ0v) is 22.7. The minimum absolute atomic E-state index is 0.0802. The summed E-state index contributed by atoms with van der Waals surface area (Å²) in [7, 11) is -4.51. The summed E-state index contributed by atoms with van der Waals surface area (Å²) in [6, 6.07) is 0. The van der Waals surface area contributed by atoms with Crippen LogP contribution in [0.1, 0.15) is 92.4 Å². The Labute approximate surface area is 210 Å². The van der Waals surface area contributed by atoms with Crippen LogP contribution in [0.15, 0.2) is 11.6 Å². The summed E-state index contributed by atoms with van der Waals surface area (Å²) < 4.78 is 36.5. The minimum atomic E-state index is -4.51. The summed E-state index contributed by atoms with van der Waals surface area (Å²) in [5, 5.41) is 21.3. The Balaban J connectivity index is 1.53. The first-order valence-electron chi connectivity index (χ1n) is 13.3. The first-order valence-corrected chi connectivity index (χ1v) is 14.7. The van der Waals surface area contributed by atoms with Crippen molar-refractivity contribution in [1.29, 1.82) is 0 Å². The monoisotopic (exact) mass is 512 g/mol. The van der Waals surface area contributed by atoms with Crippen molar-refractivity contribution in [3.63, 3.8) is 0 Å². The topological polar surface area (TPSA) is 121 Å². The van der Waals surface area contributed by atoms with Crippen molar-refractivity contribution in [2.24, 2.45) is 40.4 Å². The summed E-state index contributed by atoms with van der Waals surface area (Å²) in [5.41, 5.74) is 0.329. The molecule has 8 heteroatoms. The van der Waals surface area contributed by atoms with E-state index in [-0.39, 0.29) is 34.9 Å². The number of rotatable bonds is 7. The Hall–Kier alpha value is -0.800. The molecule has 3 fully saturated rings. The van der Waals surface area contributed by atoms with Crippen molar-refractivity contribution < 1.29 is 32.2 Å². The molecule has 0 radical (unpaired) electrons. The molecular formula is C27H44O7S. The molecule has 0 aromatic carbocycles. The van der Waals surface area contributed by atoms with Gasteiger partial charge in [-0.25, -0.2) is 4.18 Å². The number of aliphatic hydroxyl groups excluding tert-OH is 1. The number of carbonyl (C=O) groups is 1. The molecule has 4 rings (SSSR count). The summed E-state index contributed by atoms with van der Waals surface area (Å²) in [4.78, 5) is 12.6. The van der Waals surface area contributed by atoms with Gasteiger partial charge in [0.2, 0.25) is 0 Å². The molecule has 0 heterocycles. The van der Waals surface area contributed by atoms with Crippen LogP contribution in [0.3, 0.4) is 0 Å². The van der Waals surface area contributed by atoms with Crippen LogP contribution in [-0.2, 0) is 19.4 Å². The lowest BCUT2D eigenvalue weighted by molar-refractivity contribution is -0.124. The van der Waals surface area contributed by atoms with Crippen molar-refractivity contribution in [2.45, 2.75) is 110 Å². The molecule has 3 N–H and O–H groups in total. The quantitative estimate of drug-likeness (QED) is 0.340. The molecule has 35 heavy (non-hydrogen) atoms. The van der Waals surface area contributed by atoms with Gasteiger partial charge in [-0.1, -0.05) is 32.4 Å². The Bertz CT molecular complexity index is 967. The predicted molar refractivity (Wildman–Crippen MR) is 133 cm³/mol. The lowest BCUT2D eigenvalue weighted by atomic mass is 9.47. The van der Waals surface area contributed by atoms with Gasteiger partial charge in [-0.15, -0.1) is 0 Å². The first-order chi connectivity index (χ1) is 16.0. The Morgan fingerprint density at radius 3 is 2.51 bits per heavy atom. The molecule has 0 bridgehead atoms. The third-order valence-corrected chi connectivity index (χ3v) is 10.7. The third-order valence-electron chi connectivity index (χ3n) is 10.2. The Kier molecular flexibility index (Phi) is 7.15. The first kappa shape index (κ1) is 27.2. The maximum absolute atomic E-state index is 12.6. The number of ketones is 1. The van der Waals surface area contributed by atoms with Gasteiger partial charge in [0, 0.05) is 12.8 Å². The van der Waals surface area contributed by atoms with Gasteiger partial charge in [0.25, 0.3) is 0 Å². The fourth-order valence-corrected chi connectivity index (χ4v) is 9.34. The van der Waals surface area contributed by atoms with Gasteiger partial charge in [-0.05, 0) is 99.2 Å². The van der Waals surface area contributed by atoms with Gasteiger partial charge >= 0.3 is 10.4 Å². The van der Waals surface area contributed by atoms with Crippen LogP contribution < -0.4 is 0 Å². The highest BCUT2D eigenvalue weighted by Gasteiger charge is 2.60. The van der Waals surface area contributed by atoms with E-state index in [0.29, 0.717) is 43.4 Å². The fourth-order valence-electron chi connectivity index (χ4n) is 8.82. The number of hydrogen-bond donors (Lipinski definition) is 3. The minimum Gasteiger partial charge on any atom is -0.393 e. The van der Waals surface area contributed by atoms with Crippen LogP contribution in [0.2, 0.25) is 0 Å². The predicted octanol–water partition coefficient (Wildman–Crippen LogP) is 4.48. The van der Waals surface area contributed by atoms with E-state index in [0.717, 1.165) is 25.7 Å². The zero-order valence-electron chi connectivity index (χ0n) is 21.9. The van der Waals surface area contributed by atoms with Crippen molar-refractivity contribution in [3.8, 4) is 0 Å². The maximum Gasteiger partial charge on any atom is 0.397 e. The molecule has 0 aromatic rings. The van der Waals surface area contributed by atoms with Gasteiger partial charge in [0.15, 0.2) is 0 Å². The van der Waals surface area contributed by atoms with Crippen LogP contribution in [0, 0.1) is 40.4 Å². The summed E-state index contributed by atoms with van der Waals surface area (Å²) in [6.07, 6.45) is 7.45. The molecule has 0 amide bonds. The molecule has 200 valence electrons. The molecule has 0 spiro atoms. The van der Waals surface area contributed by atoms with E-state index >= 15 is 0 Å². The Morgan fingerprint density at radius 1 is 1.20 bits per heavy atom. The van der Waals surface area contributed by atoms with Crippen LogP contribution in [0.5, 0.6) is 0 Å². The van der Waals surface area contributed by atoms with Gasteiger partial charge in [0.1, 0.15) is 5.78 Å². The van der Waals surface area contributed by atoms with Crippen LogP contribution in [0.4, 0.5) is 0 Å². The number of allylic oxidation sites excluding steroid dienone is 2. The highest BCUT2D eigenvalue weighted by Crippen LogP contribution is 2.66. The molecule has 3 saturated carbocycles. The average molecular weight is 513 g/mol. The molecule has 0 saturated heterocycles. The number of carbonyl (C=O) groups excluding carboxylic acids is 1. The van der Waals surface area contributed by atoms with E-state index in [9.17, 15) is 23.4 Å². The van der Waals surface area contributed by atoms with E-state index in [1.165, 1.54) is 5.57 Å². The van der Waals surface area contributed by atoms with Crippen molar-refractivity contribution in [1.82, 2.24) is 0 Å². The molecule has 4 aliphatic carbocycles. The number of hydrogen-bond acceptors (Lipinski definition) is 6. The largest absolute Gasteiger partial charge is 0.397 e. The fraction of sp³-hybridized carbons (Fsp3) is 0.889. The van der Waals surface area contributed by atoms with E-state index in [1.54, 1.807) is 13.8 Å². The average Bonchev–Trinajstić information content (AvgIpc) is 3.04. The standard InChI is InChI=1S/C27H44O7S/c1-16(12-17(28)15-25(2,3)30)20-6-7-21-19-14-24(29)23-13-18(34-35(31,32)33)8-10-27(23,5)22(19)9-11-26(20,21)4/h9,16,18-21,23-24,29-30H,6-8,10-15H2,1-5H3,(H,31,32,33).